The zero-order valence-electron chi connectivity index (χ0n) is 18.6. The van der Waals surface area contributed by atoms with Gasteiger partial charge in [-0.25, -0.2) is 9.97 Å². The number of nitrogens with two attached hydrogens (primary N) is 1. The molecule has 166 valence electrons. The van der Waals surface area contributed by atoms with Crippen LogP contribution in [0.5, 0.6) is 5.75 Å². The molecule has 0 bridgehead atoms. The second-order valence-electron chi connectivity index (χ2n) is 7.90. The van der Waals surface area contributed by atoms with Crippen LogP contribution in [0.3, 0.4) is 0 Å². The van der Waals surface area contributed by atoms with Crippen LogP contribution in [-0.2, 0) is 6.54 Å². The summed E-state index contributed by atoms with van der Waals surface area (Å²) in [6.45, 7) is 3.26. The van der Waals surface area contributed by atoms with Gasteiger partial charge in [-0.2, -0.15) is 0 Å². The maximum absolute atomic E-state index is 13.1. The van der Waals surface area contributed by atoms with Crippen molar-refractivity contribution in [2.75, 3.05) is 19.4 Å². The van der Waals surface area contributed by atoms with Crippen LogP contribution in [-0.4, -0.2) is 34.1 Å². The predicted molar refractivity (Wildman–Crippen MR) is 128 cm³/mol. The lowest BCUT2D eigenvalue weighted by Gasteiger charge is -2.09. The lowest BCUT2D eigenvalue weighted by molar-refractivity contribution is 0.0955. The van der Waals surface area contributed by atoms with Crippen molar-refractivity contribution in [1.29, 1.82) is 0 Å². The Balaban J connectivity index is 1.73. The Morgan fingerprint density at radius 3 is 2.44 bits per heavy atom. The quantitative estimate of drug-likeness (QED) is 0.380. The molecular weight excluding hydrogens is 402 g/mol. The molecule has 0 aliphatic rings. The summed E-state index contributed by atoms with van der Waals surface area (Å²) in [5.41, 5.74) is 10.6. The van der Waals surface area contributed by atoms with E-state index in [-0.39, 0.29) is 5.91 Å². The van der Waals surface area contributed by atoms with E-state index in [1.165, 1.54) is 0 Å². The van der Waals surface area contributed by atoms with Crippen molar-refractivity contribution in [3.05, 3.63) is 59.7 Å². The van der Waals surface area contributed by atoms with E-state index in [2.05, 4.69) is 12.2 Å². The molecule has 2 aromatic heterocycles. The molecule has 0 radical (unpaired) electrons. The number of rotatable bonds is 9. The average molecular weight is 432 g/mol. The van der Waals surface area contributed by atoms with E-state index >= 15 is 0 Å². The maximum atomic E-state index is 13.1. The van der Waals surface area contributed by atoms with Gasteiger partial charge in [0.25, 0.3) is 5.91 Å². The summed E-state index contributed by atoms with van der Waals surface area (Å²) < 4.78 is 7.12. The molecule has 4 aromatic rings. The Hall–Kier alpha value is -3.61. The fourth-order valence-electron chi connectivity index (χ4n) is 3.86. The lowest BCUT2D eigenvalue weighted by Crippen LogP contribution is -2.25. The van der Waals surface area contributed by atoms with E-state index in [1.807, 2.05) is 53.1 Å². The number of aromatic nitrogens is 3. The number of nitrogens with zero attached hydrogens (tertiary/aromatic N) is 3. The monoisotopic (exact) mass is 431 g/mol. The molecule has 0 atom stereocenters. The van der Waals surface area contributed by atoms with Crippen LogP contribution in [0, 0.1) is 0 Å². The van der Waals surface area contributed by atoms with Crippen LogP contribution < -0.4 is 15.8 Å². The van der Waals surface area contributed by atoms with Crippen molar-refractivity contribution in [3.63, 3.8) is 0 Å². The molecule has 3 N–H and O–H groups in total. The van der Waals surface area contributed by atoms with E-state index in [0.717, 1.165) is 48.0 Å². The summed E-state index contributed by atoms with van der Waals surface area (Å²) in [6, 6.07) is 15.4. The van der Waals surface area contributed by atoms with E-state index in [1.54, 1.807) is 7.11 Å². The van der Waals surface area contributed by atoms with Gasteiger partial charge in [0.1, 0.15) is 22.6 Å². The third-order valence-corrected chi connectivity index (χ3v) is 5.63. The SMILES string of the molecule is CCCCCCNC(=O)c1c(N)n(Cc2ccc(OC)cc2)c2nc3ccccc3nc12. The van der Waals surface area contributed by atoms with E-state index in [9.17, 15) is 4.79 Å². The van der Waals surface area contributed by atoms with Gasteiger partial charge in [0.2, 0.25) is 0 Å². The molecule has 0 spiro atoms. The van der Waals surface area contributed by atoms with Crippen LogP contribution in [0.2, 0.25) is 0 Å². The molecule has 2 heterocycles. The van der Waals surface area contributed by atoms with Gasteiger partial charge in [-0.15, -0.1) is 0 Å². The van der Waals surface area contributed by atoms with Crippen molar-refractivity contribution < 1.29 is 9.53 Å². The number of carbonyl (C=O) groups is 1. The number of amides is 1. The van der Waals surface area contributed by atoms with Crippen molar-refractivity contribution in [3.8, 4) is 5.75 Å². The molecule has 0 aliphatic heterocycles. The molecule has 4 rings (SSSR count). The molecule has 2 aromatic carbocycles. The van der Waals surface area contributed by atoms with E-state index in [4.69, 9.17) is 20.4 Å². The van der Waals surface area contributed by atoms with Crippen molar-refractivity contribution in [2.45, 2.75) is 39.2 Å². The normalized spacial score (nSPS) is 11.2. The number of methoxy groups -OCH3 is 1. The van der Waals surface area contributed by atoms with Crippen LogP contribution in [0.1, 0.15) is 48.5 Å². The number of fused-ring (bicyclic) bond motifs is 2. The minimum atomic E-state index is -0.206. The standard InChI is InChI=1S/C25H29N5O2/c1-3-4-5-8-15-27-25(31)21-22-24(29-20-10-7-6-9-19(20)28-22)30(23(21)26)16-17-11-13-18(32-2)14-12-17/h6-7,9-14H,3-5,8,15-16,26H2,1-2H3,(H,27,31). The highest BCUT2D eigenvalue weighted by atomic mass is 16.5. The molecule has 0 fully saturated rings. The first-order valence-electron chi connectivity index (χ1n) is 11.1. The van der Waals surface area contributed by atoms with Crippen LogP contribution >= 0.6 is 0 Å². The van der Waals surface area contributed by atoms with E-state index in [0.29, 0.717) is 35.6 Å². The zero-order valence-corrected chi connectivity index (χ0v) is 18.6. The number of hydrogen-bond acceptors (Lipinski definition) is 5. The number of carbonyl (C=O) groups excluding carboxylic acids is 1. The molecule has 1 amide bonds. The molecule has 7 heteroatoms. The maximum Gasteiger partial charge on any atom is 0.257 e. The molecule has 7 nitrogen and oxygen atoms in total. The third kappa shape index (κ3) is 4.37. The number of ether oxygens (including phenoxy) is 1. The fourth-order valence-corrected chi connectivity index (χ4v) is 3.86. The second kappa shape index (κ2) is 9.68. The minimum absolute atomic E-state index is 0.206. The summed E-state index contributed by atoms with van der Waals surface area (Å²) >= 11 is 0. The Morgan fingerprint density at radius 1 is 1.03 bits per heavy atom. The second-order valence-corrected chi connectivity index (χ2v) is 7.90. The number of para-hydroxylation sites is 2. The summed E-state index contributed by atoms with van der Waals surface area (Å²) in [5, 5.41) is 3.01. The predicted octanol–water partition coefficient (Wildman–Crippen LogP) is 4.53. The first-order chi connectivity index (χ1) is 15.6. The van der Waals surface area contributed by atoms with Gasteiger partial charge in [0.15, 0.2) is 5.65 Å². The molecule has 0 aliphatic carbocycles. The van der Waals surface area contributed by atoms with Crippen molar-refractivity contribution in [1.82, 2.24) is 19.9 Å². The molecular formula is C25H29N5O2. The Labute approximate surface area is 187 Å². The number of nitrogens with one attached hydrogen (secondary N) is 1. The van der Waals surface area contributed by atoms with Crippen LogP contribution in [0.4, 0.5) is 5.82 Å². The largest absolute Gasteiger partial charge is 0.497 e. The Bertz CT molecular complexity index is 1230. The summed E-state index contributed by atoms with van der Waals surface area (Å²) in [4.78, 5) is 22.7. The average Bonchev–Trinajstić information content (AvgIpc) is 3.08. The number of anilines is 1. The zero-order chi connectivity index (χ0) is 22.5. The summed E-state index contributed by atoms with van der Waals surface area (Å²) in [6.07, 6.45) is 4.35. The lowest BCUT2D eigenvalue weighted by atomic mass is 10.2. The number of hydrogen-bond donors (Lipinski definition) is 2. The Morgan fingerprint density at radius 2 is 1.75 bits per heavy atom. The topological polar surface area (TPSA) is 95.1 Å². The van der Waals surface area contributed by atoms with E-state index < -0.39 is 0 Å². The van der Waals surface area contributed by atoms with Gasteiger partial charge in [0.05, 0.1) is 24.7 Å². The first kappa shape index (κ1) is 21.6. The third-order valence-electron chi connectivity index (χ3n) is 5.63. The number of benzene rings is 2. The highest BCUT2D eigenvalue weighted by Gasteiger charge is 2.24. The van der Waals surface area contributed by atoms with Crippen LogP contribution in [0.25, 0.3) is 22.2 Å². The smallest absolute Gasteiger partial charge is 0.257 e. The molecule has 0 saturated heterocycles. The van der Waals surface area contributed by atoms with Gasteiger partial charge in [-0.05, 0) is 36.2 Å². The summed E-state index contributed by atoms with van der Waals surface area (Å²) in [7, 11) is 1.64. The number of nitrogen functional groups attached to an aromatic ring is 1. The Kier molecular flexibility index (Phi) is 6.54. The van der Waals surface area contributed by atoms with Gasteiger partial charge in [-0.1, -0.05) is 50.5 Å². The first-order valence-corrected chi connectivity index (χ1v) is 11.1. The molecule has 32 heavy (non-hydrogen) atoms. The molecule has 0 saturated carbocycles. The molecule has 0 unspecified atom stereocenters. The van der Waals surface area contributed by atoms with Crippen molar-refractivity contribution >= 4 is 33.9 Å². The number of unbranched alkanes of at least 4 members (excludes halogenated alkanes) is 3. The van der Waals surface area contributed by atoms with Gasteiger partial charge in [-0.3, -0.25) is 4.79 Å². The van der Waals surface area contributed by atoms with Gasteiger partial charge >= 0.3 is 0 Å². The summed E-state index contributed by atoms with van der Waals surface area (Å²) in [5.74, 6) is 0.951. The highest BCUT2D eigenvalue weighted by Crippen LogP contribution is 2.29. The minimum Gasteiger partial charge on any atom is -0.497 e. The highest BCUT2D eigenvalue weighted by molar-refractivity contribution is 6.10. The van der Waals surface area contributed by atoms with Crippen molar-refractivity contribution in [2.24, 2.45) is 0 Å². The van der Waals surface area contributed by atoms with Gasteiger partial charge in [0, 0.05) is 6.54 Å². The fraction of sp³-hybridized carbons (Fsp3) is 0.320. The van der Waals surface area contributed by atoms with Gasteiger partial charge < -0.3 is 20.4 Å². The van der Waals surface area contributed by atoms with Crippen LogP contribution in [0.15, 0.2) is 48.5 Å².